The fourth-order valence-corrected chi connectivity index (χ4v) is 4.94. The number of carbonyl (C=O) groups is 1. The number of thiazole rings is 1. The number of nitrogens with zero attached hydrogens (tertiary/aromatic N) is 3. The molecule has 0 saturated carbocycles. The lowest BCUT2D eigenvalue weighted by Gasteiger charge is -2.25. The highest BCUT2D eigenvalue weighted by atomic mass is 79.9. The van der Waals surface area contributed by atoms with Crippen molar-refractivity contribution in [3.63, 3.8) is 0 Å². The smallest absolute Gasteiger partial charge is 0.272 e. The highest BCUT2D eigenvalue weighted by Gasteiger charge is 2.28. The number of halogens is 1. The summed E-state index contributed by atoms with van der Waals surface area (Å²) < 4.78 is 8.25. The number of benzene rings is 2. The second kappa shape index (κ2) is 6.85. The number of aromatic nitrogens is 1. The lowest BCUT2D eigenvalue weighted by Crippen LogP contribution is -2.43. The lowest BCUT2D eigenvalue weighted by molar-refractivity contribution is -0.110. The molecule has 0 aliphatic carbocycles. The third kappa shape index (κ3) is 2.97. The summed E-state index contributed by atoms with van der Waals surface area (Å²) in [4.78, 5) is 33.0. The summed E-state index contributed by atoms with van der Waals surface area (Å²) in [6.07, 6.45) is 0. The molecule has 0 bridgehead atoms. The fraction of sp³-hybridized carbons (Fsp3) is 0.150. The second-order valence-corrected chi connectivity index (χ2v) is 8.54. The third-order valence-corrected chi connectivity index (χ3v) is 6.53. The van der Waals surface area contributed by atoms with Gasteiger partial charge in [-0.1, -0.05) is 33.3 Å². The molecule has 0 unspecified atom stereocenters. The van der Waals surface area contributed by atoms with Crippen LogP contribution in [0.25, 0.3) is 5.57 Å². The first kappa shape index (κ1) is 18.1. The number of carbonyl (C=O) groups excluding carboxylic acids is 1. The summed E-state index contributed by atoms with van der Waals surface area (Å²) in [5.41, 5.74) is 2.48. The van der Waals surface area contributed by atoms with Crippen molar-refractivity contribution < 1.29 is 9.53 Å². The van der Waals surface area contributed by atoms with E-state index in [1.807, 2.05) is 29.2 Å². The molecule has 2 aliphatic rings. The Morgan fingerprint density at radius 2 is 2.07 bits per heavy atom. The average Bonchev–Trinajstić information content (AvgIpc) is 3.22. The monoisotopic (exact) mass is 470 g/mol. The van der Waals surface area contributed by atoms with E-state index in [1.165, 1.54) is 11.3 Å². The Morgan fingerprint density at radius 1 is 1.21 bits per heavy atom. The second-order valence-electron chi connectivity index (χ2n) is 6.65. The van der Waals surface area contributed by atoms with Crippen LogP contribution in [0.3, 0.4) is 0 Å². The van der Waals surface area contributed by atoms with Crippen LogP contribution < -0.4 is 29.8 Å². The zero-order valence-corrected chi connectivity index (χ0v) is 17.7. The Hall–Kier alpha value is -2.91. The molecule has 146 valence electrons. The van der Waals surface area contributed by atoms with Gasteiger partial charge in [0.1, 0.15) is 23.6 Å². The van der Waals surface area contributed by atoms with Crippen molar-refractivity contribution in [1.82, 2.24) is 4.57 Å². The number of methoxy groups -OCH3 is 1. The van der Waals surface area contributed by atoms with E-state index in [-0.39, 0.29) is 11.5 Å². The molecule has 0 fully saturated rings. The molecule has 5 rings (SSSR count). The normalized spacial score (nSPS) is 16.8. The number of ether oxygens (including phenoxy) is 1. The van der Waals surface area contributed by atoms with Gasteiger partial charge in [-0.05, 0) is 36.4 Å². The van der Waals surface area contributed by atoms with Crippen molar-refractivity contribution >= 4 is 50.1 Å². The van der Waals surface area contributed by atoms with Crippen LogP contribution in [0, 0.1) is 0 Å². The molecular weight excluding hydrogens is 456 g/mol. The van der Waals surface area contributed by atoms with E-state index in [0.29, 0.717) is 45.2 Å². The first-order valence-corrected chi connectivity index (χ1v) is 10.4. The molecule has 3 heterocycles. The van der Waals surface area contributed by atoms with Crippen LogP contribution >= 0.6 is 27.3 Å². The summed E-state index contributed by atoms with van der Waals surface area (Å²) in [7, 11) is 1.57. The zero-order chi connectivity index (χ0) is 20.1. The van der Waals surface area contributed by atoms with E-state index >= 15 is 0 Å². The van der Waals surface area contributed by atoms with Crippen molar-refractivity contribution in [2.24, 2.45) is 4.99 Å². The van der Waals surface area contributed by atoms with E-state index in [1.54, 1.807) is 29.9 Å². The molecule has 1 aromatic heterocycles. The molecule has 0 saturated heterocycles. The van der Waals surface area contributed by atoms with Gasteiger partial charge in [-0.15, -0.1) is 0 Å². The van der Waals surface area contributed by atoms with Crippen LogP contribution in [0.15, 0.2) is 56.7 Å². The Bertz CT molecular complexity index is 1340. The van der Waals surface area contributed by atoms with E-state index in [0.717, 1.165) is 10.2 Å². The van der Waals surface area contributed by atoms with Crippen LogP contribution in [0.2, 0.25) is 0 Å². The van der Waals surface area contributed by atoms with Crippen LogP contribution in [-0.4, -0.2) is 24.3 Å². The van der Waals surface area contributed by atoms with Gasteiger partial charge in [0, 0.05) is 21.4 Å². The van der Waals surface area contributed by atoms with Gasteiger partial charge in [0.2, 0.25) is 0 Å². The highest BCUT2D eigenvalue weighted by Crippen LogP contribution is 2.33. The van der Waals surface area contributed by atoms with Crippen molar-refractivity contribution in [1.29, 1.82) is 0 Å². The van der Waals surface area contributed by atoms with Gasteiger partial charge in [0.05, 0.1) is 12.7 Å². The van der Waals surface area contributed by atoms with Crippen molar-refractivity contribution in [2.75, 3.05) is 24.0 Å². The molecule has 7 nitrogen and oxygen atoms in total. The Kier molecular flexibility index (Phi) is 4.29. The minimum atomic E-state index is -0.284. The topological polar surface area (TPSA) is 75.9 Å². The maximum absolute atomic E-state index is 13.2. The minimum Gasteiger partial charge on any atom is -0.497 e. The number of amides is 1. The molecule has 1 N–H and O–H groups in total. The molecule has 0 atom stereocenters. The quantitative estimate of drug-likeness (QED) is 0.620. The lowest BCUT2D eigenvalue weighted by atomic mass is 10.1. The maximum atomic E-state index is 13.2. The van der Waals surface area contributed by atoms with E-state index in [2.05, 4.69) is 26.2 Å². The predicted octanol–water partition coefficient (Wildman–Crippen LogP) is 1.89. The largest absolute Gasteiger partial charge is 0.497 e. The zero-order valence-electron chi connectivity index (χ0n) is 15.3. The SMILES string of the molecule is COc1ccc2c(c1)C(=c1sc3n(c1=O)CN(c1cccc(Br)c1)CN=3)C(=O)N2. The van der Waals surface area contributed by atoms with Crippen LogP contribution in [0.4, 0.5) is 11.4 Å². The summed E-state index contributed by atoms with van der Waals surface area (Å²) >= 11 is 4.73. The summed E-state index contributed by atoms with van der Waals surface area (Å²) in [5.74, 6) is 0.345. The molecule has 9 heteroatoms. The third-order valence-electron chi connectivity index (χ3n) is 4.92. The standard InChI is InChI=1S/C20H15BrN4O3S/c1-28-13-5-6-15-14(8-13)16(18(26)23-15)17-19(27)25-10-24(9-22-20(25)29-17)12-4-2-3-11(21)7-12/h2-8H,9-10H2,1H3,(H,23,26). The molecule has 2 aliphatic heterocycles. The molecule has 29 heavy (non-hydrogen) atoms. The predicted molar refractivity (Wildman–Crippen MR) is 115 cm³/mol. The van der Waals surface area contributed by atoms with Gasteiger partial charge in [0.25, 0.3) is 11.5 Å². The number of hydrogen-bond acceptors (Lipinski definition) is 6. The Morgan fingerprint density at radius 3 is 2.86 bits per heavy atom. The van der Waals surface area contributed by atoms with Gasteiger partial charge in [0.15, 0.2) is 4.80 Å². The molecule has 3 aromatic rings. The first-order chi connectivity index (χ1) is 14.0. The van der Waals surface area contributed by atoms with E-state index in [9.17, 15) is 9.59 Å². The van der Waals surface area contributed by atoms with Gasteiger partial charge >= 0.3 is 0 Å². The Balaban J connectivity index is 1.65. The highest BCUT2D eigenvalue weighted by molar-refractivity contribution is 9.10. The number of fused-ring (bicyclic) bond motifs is 2. The fourth-order valence-electron chi connectivity index (χ4n) is 3.50. The van der Waals surface area contributed by atoms with Gasteiger partial charge in [-0.25, -0.2) is 4.99 Å². The molecule has 2 aromatic carbocycles. The average molecular weight is 471 g/mol. The molecular formula is C20H15BrN4O3S. The minimum absolute atomic E-state index is 0.214. The van der Waals surface area contributed by atoms with Crippen LogP contribution in [0.5, 0.6) is 5.75 Å². The summed E-state index contributed by atoms with van der Waals surface area (Å²) in [6.45, 7) is 0.826. The van der Waals surface area contributed by atoms with E-state index < -0.39 is 0 Å². The summed E-state index contributed by atoms with van der Waals surface area (Å²) in [6, 6.07) is 13.2. The van der Waals surface area contributed by atoms with Crippen molar-refractivity contribution in [3.8, 4) is 5.75 Å². The maximum Gasteiger partial charge on any atom is 0.272 e. The van der Waals surface area contributed by atoms with Crippen molar-refractivity contribution in [2.45, 2.75) is 6.67 Å². The van der Waals surface area contributed by atoms with Gasteiger partial charge < -0.3 is 15.0 Å². The van der Waals surface area contributed by atoms with Gasteiger partial charge in [-0.2, -0.15) is 0 Å². The Labute approximate surface area is 177 Å². The number of nitrogens with one attached hydrogen (secondary N) is 1. The number of rotatable bonds is 2. The van der Waals surface area contributed by atoms with Crippen molar-refractivity contribution in [3.05, 3.63) is 72.2 Å². The van der Waals surface area contributed by atoms with Gasteiger partial charge in [-0.3, -0.25) is 14.2 Å². The number of hydrogen-bond donors (Lipinski definition) is 1. The number of anilines is 2. The first-order valence-electron chi connectivity index (χ1n) is 8.84. The molecule has 0 radical (unpaired) electrons. The summed E-state index contributed by atoms with van der Waals surface area (Å²) in [5, 5.41) is 2.83. The van der Waals surface area contributed by atoms with E-state index in [4.69, 9.17) is 4.74 Å². The van der Waals surface area contributed by atoms with Crippen LogP contribution in [0.1, 0.15) is 5.56 Å². The van der Waals surface area contributed by atoms with Crippen LogP contribution in [-0.2, 0) is 11.5 Å². The molecule has 1 amide bonds. The molecule has 0 spiro atoms.